The highest BCUT2D eigenvalue weighted by Crippen LogP contribution is 2.30. The van der Waals surface area contributed by atoms with Crippen molar-refractivity contribution in [2.75, 3.05) is 12.4 Å². The van der Waals surface area contributed by atoms with Gasteiger partial charge in [-0.15, -0.1) is 10.2 Å². The van der Waals surface area contributed by atoms with E-state index in [1.807, 2.05) is 24.3 Å². The molecule has 0 spiro atoms. The first-order valence-corrected chi connectivity index (χ1v) is 7.57. The lowest BCUT2D eigenvalue weighted by atomic mass is 10.2. The van der Waals surface area contributed by atoms with Gasteiger partial charge in [-0.2, -0.15) is 0 Å². The fraction of sp³-hybridized carbons (Fsp3) is 0.125. The van der Waals surface area contributed by atoms with Crippen LogP contribution in [0.25, 0.3) is 11.5 Å². The highest BCUT2D eigenvalue weighted by Gasteiger charge is 2.11. The minimum atomic E-state index is 0.320. The van der Waals surface area contributed by atoms with Gasteiger partial charge in [0.2, 0.25) is 11.8 Å². The van der Waals surface area contributed by atoms with E-state index in [4.69, 9.17) is 32.4 Å². The zero-order valence-corrected chi connectivity index (χ0v) is 13.7. The molecule has 0 saturated carbocycles. The first-order valence-electron chi connectivity index (χ1n) is 6.82. The molecule has 0 bridgehead atoms. The number of benzene rings is 2. The second-order valence-electron chi connectivity index (χ2n) is 4.68. The van der Waals surface area contributed by atoms with Gasteiger partial charge in [0.15, 0.2) is 0 Å². The van der Waals surface area contributed by atoms with Crippen LogP contribution in [0.5, 0.6) is 5.75 Å². The van der Waals surface area contributed by atoms with Crippen molar-refractivity contribution in [1.82, 2.24) is 10.2 Å². The second kappa shape index (κ2) is 6.89. The molecule has 1 heterocycles. The molecular formula is C16H13Cl2N3O2. The van der Waals surface area contributed by atoms with E-state index in [1.165, 1.54) is 0 Å². The molecule has 5 nitrogen and oxygen atoms in total. The molecule has 1 aromatic heterocycles. The fourth-order valence-corrected chi connectivity index (χ4v) is 2.56. The average Bonchev–Trinajstić information content (AvgIpc) is 3.03. The standard InChI is InChI=1S/C16H13Cl2N3O2/c1-22-11-5-2-4-10(8-11)16-21-20-14(23-16)9-19-15-12(17)6-3-7-13(15)18/h2-8,19H,9H2,1H3. The van der Waals surface area contributed by atoms with Crippen molar-refractivity contribution in [2.24, 2.45) is 0 Å². The summed E-state index contributed by atoms with van der Waals surface area (Å²) in [4.78, 5) is 0. The van der Waals surface area contributed by atoms with E-state index in [0.717, 1.165) is 11.3 Å². The van der Waals surface area contributed by atoms with Crippen LogP contribution in [0.4, 0.5) is 5.69 Å². The smallest absolute Gasteiger partial charge is 0.247 e. The van der Waals surface area contributed by atoms with E-state index in [9.17, 15) is 0 Å². The first kappa shape index (κ1) is 15.6. The van der Waals surface area contributed by atoms with E-state index >= 15 is 0 Å². The number of methoxy groups -OCH3 is 1. The van der Waals surface area contributed by atoms with Gasteiger partial charge in [-0.25, -0.2) is 0 Å². The van der Waals surface area contributed by atoms with Crippen molar-refractivity contribution < 1.29 is 9.15 Å². The molecule has 0 saturated heterocycles. The van der Waals surface area contributed by atoms with Crippen LogP contribution in [0, 0.1) is 0 Å². The van der Waals surface area contributed by atoms with Gasteiger partial charge in [0.1, 0.15) is 5.75 Å². The van der Waals surface area contributed by atoms with Crippen LogP contribution >= 0.6 is 23.2 Å². The van der Waals surface area contributed by atoms with E-state index in [2.05, 4.69) is 15.5 Å². The Bertz CT molecular complexity index is 800. The molecular weight excluding hydrogens is 337 g/mol. The molecule has 118 valence electrons. The number of hydrogen-bond acceptors (Lipinski definition) is 5. The van der Waals surface area contributed by atoms with Crippen LogP contribution in [-0.2, 0) is 6.54 Å². The molecule has 0 atom stereocenters. The Balaban J connectivity index is 1.75. The summed E-state index contributed by atoms with van der Waals surface area (Å²) in [6.07, 6.45) is 0. The molecule has 1 N–H and O–H groups in total. The number of anilines is 1. The predicted molar refractivity (Wildman–Crippen MR) is 90.1 cm³/mol. The summed E-state index contributed by atoms with van der Waals surface area (Å²) < 4.78 is 10.8. The number of ether oxygens (including phenoxy) is 1. The summed E-state index contributed by atoms with van der Waals surface area (Å²) in [7, 11) is 1.61. The van der Waals surface area contributed by atoms with E-state index in [1.54, 1.807) is 25.3 Å². The Labute approximate surface area is 143 Å². The van der Waals surface area contributed by atoms with Gasteiger partial charge >= 0.3 is 0 Å². The van der Waals surface area contributed by atoms with Gasteiger partial charge < -0.3 is 14.5 Å². The summed E-state index contributed by atoms with van der Waals surface area (Å²) in [6.45, 7) is 0.320. The largest absolute Gasteiger partial charge is 0.497 e. The highest BCUT2D eigenvalue weighted by atomic mass is 35.5. The molecule has 3 rings (SSSR count). The maximum absolute atomic E-state index is 6.10. The highest BCUT2D eigenvalue weighted by molar-refractivity contribution is 6.39. The van der Waals surface area contributed by atoms with Gasteiger partial charge in [0, 0.05) is 5.56 Å². The summed E-state index contributed by atoms with van der Waals surface area (Å²) in [5.74, 6) is 1.58. The van der Waals surface area contributed by atoms with Crippen molar-refractivity contribution in [3.05, 3.63) is 58.4 Å². The fourth-order valence-electron chi connectivity index (χ4n) is 2.03. The number of rotatable bonds is 5. The Hall–Kier alpha value is -2.24. The summed E-state index contributed by atoms with van der Waals surface area (Å²) in [6, 6.07) is 12.7. The van der Waals surface area contributed by atoms with E-state index in [-0.39, 0.29) is 0 Å². The van der Waals surface area contributed by atoms with Crippen LogP contribution in [0.3, 0.4) is 0 Å². The van der Waals surface area contributed by atoms with Crippen molar-refractivity contribution in [2.45, 2.75) is 6.54 Å². The van der Waals surface area contributed by atoms with Gasteiger partial charge in [-0.05, 0) is 30.3 Å². The number of para-hydroxylation sites is 1. The average molecular weight is 350 g/mol. The maximum Gasteiger partial charge on any atom is 0.247 e. The lowest BCUT2D eigenvalue weighted by Crippen LogP contribution is -2.00. The molecule has 0 aliphatic rings. The normalized spacial score (nSPS) is 10.6. The zero-order chi connectivity index (χ0) is 16.2. The summed E-state index contributed by atoms with van der Waals surface area (Å²) >= 11 is 12.2. The summed E-state index contributed by atoms with van der Waals surface area (Å²) in [5, 5.41) is 12.2. The van der Waals surface area contributed by atoms with Crippen LogP contribution in [0.15, 0.2) is 46.9 Å². The molecule has 0 aliphatic heterocycles. The van der Waals surface area contributed by atoms with Crippen molar-refractivity contribution in [3.8, 4) is 17.2 Å². The third-order valence-corrected chi connectivity index (χ3v) is 3.79. The number of aromatic nitrogens is 2. The van der Waals surface area contributed by atoms with Crippen LogP contribution < -0.4 is 10.1 Å². The summed E-state index contributed by atoms with van der Waals surface area (Å²) in [5.41, 5.74) is 1.43. The van der Waals surface area contributed by atoms with Crippen molar-refractivity contribution in [3.63, 3.8) is 0 Å². The third-order valence-electron chi connectivity index (χ3n) is 3.16. The minimum Gasteiger partial charge on any atom is -0.497 e. The molecule has 23 heavy (non-hydrogen) atoms. The Morgan fingerprint density at radius 3 is 2.57 bits per heavy atom. The molecule has 0 radical (unpaired) electrons. The minimum absolute atomic E-state index is 0.320. The number of halogens is 2. The number of nitrogens with zero attached hydrogens (tertiary/aromatic N) is 2. The van der Waals surface area contributed by atoms with Crippen LogP contribution in [-0.4, -0.2) is 17.3 Å². The van der Waals surface area contributed by atoms with Gasteiger partial charge in [-0.3, -0.25) is 0 Å². The lowest BCUT2D eigenvalue weighted by Gasteiger charge is -2.07. The monoisotopic (exact) mass is 349 g/mol. The third kappa shape index (κ3) is 3.57. The molecule has 0 aliphatic carbocycles. The van der Waals surface area contributed by atoms with Crippen LogP contribution in [0.2, 0.25) is 10.0 Å². The molecule has 2 aromatic carbocycles. The lowest BCUT2D eigenvalue weighted by molar-refractivity contribution is 0.414. The topological polar surface area (TPSA) is 60.2 Å². The Morgan fingerprint density at radius 1 is 1.09 bits per heavy atom. The van der Waals surface area contributed by atoms with Crippen LogP contribution in [0.1, 0.15) is 5.89 Å². The molecule has 0 amide bonds. The molecule has 0 fully saturated rings. The van der Waals surface area contributed by atoms with Crippen molar-refractivity contribution in [1.29, 1.82) is 0 Å². The SMILES string of the molecule is COc1cccc(-c2nnc(CNc3c(Cl)cccc3Cl)o2)c1. The molecule has 3 aromatic rings. The number of hydrogen-bond donors (Lipinski definition) is 1. The number of nitrogens with one attached hydrogen (secondary N) is 1. The van der Waals surface area contributed by atoms with Gasteiger partial charge in [0.25, 0.3) is 0 Å². The van der Waals surface area contributed by atoms with Gasteiger partial charge in [0.05, 0.1) is 29.4 Å². The molecule has 0 unspecified atom stereocenters. The van der Waals surface area contributed by atoms with Gasteiger partial charge in [-0.1, -0.05) is 35.3 Å². The predicted octanol–water partition coefficient (Wildman–Crippen LogP) is 4.66. The van der Waals surface area contributed by atoms with E-state index in [0.29, 0.717) is 34.1 Å². The van der Waals surface area contributed by atoms with E-state index < -0.39 is 0 Å². The Morgan fingerprint density at radius 2 is 1.83 bits per heavy atom. The maximum atomic E-state index is 6.10. The van der Waals surface area contributed by atoms with Crippen molar-refractivity contribution >= 4 is 28.9 Å². The zero-order valence-electron chi connectivity index (χ0n) is 12.2. The molecule has 7 heteroatoms. The quantitative estimate of drug-likeness (QED) is 0.725. The second-order valence-corrected chi connectivity index (χ2v) is 5.50. The first-order chi connectivity index (χ1) is 11.2. The Kier molecular flexibility index (Phi) is 4.69.